The second-order valence-electron chi connectivity index (χ2n) is 4.36. The minimum atomic E-state index is 0. The fraction of sp³-hybridized carbons (Fsp3) is 1.00. The first-order valence-electron chi connectivity index (χ1n) is 8.39. The van der Waals surface area contributed by atoms with Gasteiger partial charge in [-0.2, -0.15) is 0 Å². The predicted molar refractivity (Wildman–Crippen MR) is 94.3 cm³/mol. The van der Waals surface area contributed by atoms with E-state index in [1.807, 2.05) is 41.5 Å². The monoisotopic (exact) mass is 327 g/mol. The first kappa shape index (κ1) is 33.4. The summed E-state index contributed by atoms with van der Waals surface area (Å²) in [5.41, 5.74) is 0. The third-order valence-electron chi connectivity index (χ3n) is 2.53. The molecule has 0 spiro atoms. The maximum Gasteiger partial charge on any atom is 0.102 e. The average Bonchev–Trinajstić information content (AvgIpc) is 2.55. The van der Waals surface area contributed by atoms with Crippen molar-refractivity contribution in [3.05, 3.63) is 0 Å². The molecule has 0 aromatic heterocycles. The van der Waals surface area contributed by atoms with Crippen LogP contribution in [0.1, 0.15) is 41.5 Å². The van der Waals surface area contributed by atoms with Gasteiger partial charge in [0.05, 0.1) is 40.5 Å². The molecule has 22 heavy (non-hydrogen) atoms. The van der Waals surface area contributed by atoms with Crippen LogP contribution in [0.25, 0.3) is 0 Å². The second kappa shape index (κ2) is 28.9. The van der Waals surface area contributed by atoms with Crippen LogP contribution in [0.15, 0.2) is 0 Å². The summed E-state index contributed by atoms with van der Waals surface area (Å²) in [7, 11) is 4.48. The normalized spacial score (nSPS) is 17.5. The van der Waals surface area contributed by atoms with Crippen molar-refractivity contribution in [2.24, 2.45) is 0 Å². The van der Waals surface area contributed by atoms with Gasteiger partial charge in [0.2, 0.25) is 0 Å². The molecule has 2 aliphatic heterocycles. The molecule has 0 aliphatic carbocycles. The fourth-order valence-electron chi connectivity index (χ4n) is 1.35. The number of morpholine rings is 2. The minimum absolute atomic E-state index is 0. The molecule has 0 aromatic carbocycles. The van der Waals surface area contributed by atoms with Crippen LogP contribution in [0, 0.1) is 0 Å². The third-order valence-corrected chi connectivity index (χ3v) is 2.53. The quantitative estimate of drug-likeness (QED) is 0.690. The van der Waals surface area contributed by atoms with E-state index in [2.05, 4.69) is 19.4 Å². The van der Waals surface area contributed by atoms with Gasteiger partial charge in [0, 0.05) is 13.1 Å². The SMILES string of the molecule is C1COCCN1.CC.CC.CC.C[N+]1(C)CCOCC1.[OH-].[OH-]. The lowest BCUT2D eigenvalue weighted by atomic mass is 10.4. The molecule has 6 heteroatoms. The Morgan fingerprint density at radius 2 is 0.955 bits per heavy atom. The summed E-state index contributed by atoms with van der Waals surface area (Å²) in [6.07, 6.45) is 0. The Morgan fingerprint density at radius 1 is 0.636 bits per heavy atom. The average molecular weight is 328 g/mol. The zero-order chi connectivity index (χ0) is 16.3. The molecule has 0 radical (unpaired) electrons. The number of ether oxygens (including phenoxy) is 2. The van der Waals surface area contributed by atoms with Crippen LogP contribution in [0.4, 0.5) is 0 Å². The van der Waals surface area contributed by atoms with E-state index in [0.29, 0.717) is 0 Å². The summed E-state index contributed by atoms with van der Waals surface area (Å²) < 4.78 is 11.3. The Morgan fingerprint density at radius 3 is 1.09 bits per heavy atom. The summed E-state index contributed by atoms with van der Waals surface area (Å²) in [4.78, 5) is 0. The van der Waals surface area contributed by atoms with E-state index < -0.39 is 0 Å². The standard InChI is InChI=1S/C6H14NO.C4H9NO.3C2H6.2H2O/c1-7(2)3-5-8-6-4-7;1-3-6-4-2-5-1;3*1-2;;/h3-6H2,1-2H3;5H,1-4H2;3*1-2H3;2*1H2/q+1;;;;;;/p-2. The Hall–Kier alpha value is -0.240. The Balaban J connectivity index is -0.0000000621. The van der Waals surface area contributed by atoms with E-state index in [9.17, 15) is 0 Å². The number of hydrogen-bond acceptors (Lipinski definition) is 5. The fourth-order valence-corrected chi connectivity index (χ4v) is 1.35. The summed E-state index contributed by atoms with van der Waals surface area (Å²) >= 11 is 0. The van der Waals surface area contributed by atoms with E-state index >= 15 is 0 Å². The summed E-state index contributed by atoms with van der Waals surface area (Å²) in [5, 5.41) is 3.16. The van der Waals surface area contributed by atoms with Crippen molar-refractivity contribution in [3.8, 4) is 0 Å². The first-order chi connectivity index (χ1) is 9.71. The molecule has 3 N–H and O–H groups in total. The topological polar surface area (TPSA) is 90.5 Å². The number of nitrogens with one attached hydrogen (secondary N) is 1. The van der Waals surface area contributed by atoms with Gasteiger partial charge in [-0.1, -0.05) is 41.5 Å². The van der Waals surface area contributed by atoms with Crippen molar-refractivity contribution in [1.82, 2.24) is 5.32 Å². The van der Waals surface area contributed by atoms with Gasteiger partial charge in [-0.3, -0.25) is 0 Å². The smallest absolute Gasteiger partial charge is 0.102 e. The summed E-state index contributed by atoms with van der Waals surface area (Å²) in [5.74, 6) is 0. The van der Waals surface area contributed by atoms with Crippen LogP contribution < -0.4 is 5.32 Å². The predicted octanol–water partition coefficient (Wildman–Crippen LogP) is 2.42. The number of likely N-dealkylation sites (N-methyl/N-ethyl adjacent to an activating group) is 1. The van der Waals surface area contributed by atoms with E-state index in [0.717, 1.165) is 44.0 Å². The maximum absolute atomic E-state index is 5.19. The lowest BCUT2D eigenvalue weighted by molar-refractivity contribution is -0.898. The molecule has 0 saturated carbocycles. The molecule has 0 aromatic rings. The van der Waals surface area contributed by atoms with Crippen LogP contribution in [0.2, 0.25) is 0 Å². The number of hydrogen-bond donors (Lipinski definition) is 1. The van der Waals surface area contributed by atoms with Crippen molar-refractivity contribution >= 4 is 0 Å². The lowest BCUT2D eigenvalue weighted by Gasteiger charge is -2.33. The van der Waals surface area contributed by atoms with E-state index in [1.165, 1.54) is 13.1 Å². The van der Waals surface area contributed by atoms with Gasteiger partial charge in [-0.15, -0.1) is 0 Å². The van der Waals surface area contributed by atoms with Crippen LogP contribution >= 0.6 is 0 Å². The number of nitrogens with zero attached hydrogens (tertiary/aromatic N) is 1. The molecule has 0 unspecified atom stereocenters. The van der Waals surface area contributed by atoms with Crippen molar-refractivity contribution in [3.63, 3.8) is 0 Å². The molecule has 0 bridgehead atoms. The van der Waals surface area contributed by atoms with Crippen LogP contribution in [-0.4, -0.2) is 82.1 Å². The van der Waals surface area contributed by atoms with Crippen molar-refractivity contribution in [1.29, 1.82) is 0 Å². The first-order valence-corrected chi connectivity index (χ1v) is 8.39. The second-order valence-corrected chi connectivity index (χ2v) is 4.36. The molecule has 0 atom stereocenters. The van der Waals surface area contributed by atoms with Crippen molar-refractivity contribution in [2.75, 3.05) is 66.7 Å². The summed E-state index contributed by atoms with van der Waals surface area (Å²) in [6, 6.07) is 0. The van der Waals surface area contributed by atoms with Crippen molar-refractivity contribution < 1.29 is 24.9 Å². The van der Waals surface area contributed by atoms with Gasteiger partial charge in [-0.05, 0) is 0 Å². The van der Waals surface area contributed by atoms with Gasteiger partial charge in [0.15, 0.2) is 0 Å². The summed E-state index contributed by atoms with van der Waals surface area (Å²) in [6.45, 7) is 20.0. The highest BCUT2D eigenvalue weighted by molar-refractivity contribution is 4.49. The highest BCUT2D eigenvalue weighted by atomic mass is 16.5. The molecule has 6 nitrogen and oxygen atoms in total. The number of quaternary nitrogens is 1. The molecular weight excluding hydrogens is 284 g/mol. The molecule has 0 amide bonds. The number of rotatable bonds is 0. The van der Waals surface area contributed by atoms with Crippen LogP contribution in [0.3, 0.4) is 0 Å². The Labute approximate surface area is 139 Å². The maximum atomic E-state index is 5.19. The molecule has 2 aliphatic rings. The van der Waals surface area contributed by atoms with Gasteiger partial charge in [-0.25, -0.2) is 0 Å². The molecule has 2 saturated heterocycles. The van der Waals surface area contributed by atoms with Crippen LogP contribution in [0.5, 0.6) is 0 Å². The molecule has 2 heterocycles. The van der Waals surface area contributed by atoms with Gasteiger partial charge < -0.3 is 30.2 Å². The Bertz CT molecular complexity index is 136. The molecular formula is C16H43N2O4-. The minimum Gasteiger partial charge on any atom is -0.870 e. The van der Waals surface area contributed by atoms with Gasteiger partial charge >= 0.3 is 0 Å². The third kappa shape index (κ3) is 28.0. The van der Waals surface area contributed by atoms with Crippen molar-refractivity contribution in [2.45, 2.75) is 41.5 Å². The van der Waals surface area contributed by atoms with E-state index in [-0.39, 0.29) is 11.0 Å². The Kier molecular flexibility index (Phi) is 43.8. The van der Waals surface area contributed by atoms with E-state index in [4.69, 9.17) is 9.47 Å². The molecule has 142 valence electrons. The molecule has 2 rings (SSSR count). The largest absolute Gasteiger partial charge is 0.870 e. The van der Waals surface area contributed by atoms with Gasteiger partial charge in [0.1, 0.15) is 13.1 Å². The zero-order valence-corrected chi connectivity index (χ0v) is 16.3. The lowest BCUT2D eigenvalue weighted by Crippen LogP contribution is -2.48. The highest BCUT2D eigenvalue weighted by Crippen LogP contribution is 2.01. The zero-order valence-electron chi connectivity index (χ0n) is 16.3. The van der Waals surface area contributed by atoms with Gasteiger partial charge in [0.25, 0.3) is 0 Å². The van der Waals surface area contributed by atoms with E-state index in [1.54, 1.807) is 0 Å². The van der Waals surface area contributed by atoms with Crippen LogP contribution in [-0.2, 0) is 9.47 Å². The highest BCUT2D eigenvalue weighted by Gasteiger charge is 2.18. The molecule has 2 fully saturated rings.